The molecular weight excluding hydrogens is 515 g/mol. The van der Waals surface area contributed by atoms with Gasteiger partial charge < -0.3 is 10.1 Å². The van der Waals surface area contributed by atoms with E-state index in [-0.39, 0.29) is 22.2 Å². The molecule has 0 radical (unpaired) electrons. The van der Waals surface area contributed by atoms with Crippen molar-refractivity contribution in [2.24, 2.45) is 0 Å². The van der Waals surface area contributed by atoms with E-state index in [2.05, 4.69) is 14.9 Å². The van der Waals surface area contributed by atoms with Gasteiger partial charge in [-0.3, -0.25) is 14.4 Å². The van der Waals surface area contributed by atoms with Gasteiger partial charge in [0.15, 0.2) is 0 Å². The molecule has 0 aliphatic carbocycles. The lowest BCUT2D eigenvalue weighted by Crippen LogP contribution is -2.43. The second-order valence-electron chi connectivity index (χ2n) is 8.10. The maximum Gasteiger partial charge on any atom is 0.416 e. The van der Waals surface area contributed by atoms with Crippen LogP contribution in [0.3, 0.4) is 0 Å². The highest BCUT2D eigenvalue weighted by molar-refractivity contribution is 7.92. The fourth-order valence-electron chi connectivity index (χ4n) is 3.85. The predicted molar refractivity (Wildman–Crippen MR) is 130 cm³/mol. The van der Waals surface area contributed by atoms with Crippen LogP contribution in [0.15, 0.2) is 70.9 Å². The van der Waals surface area contributed by atoms with E-state index in [0.29, 0.717) is 25.8 Å². The second kappa shape index (κ2) is 11.0. The molecule has 2 heterocycles. The number of morpholine rings is 1. The Morgan fingerprint density at radius 2 is 1.81 bits per heavy atom. The fourth-order valence-corrected chi connectivity index (χ4v) is 5.80. The molecule has 1 fully saturated rings. The van der Waals surface area contributed by atoms with Gasteiger partial charge in [0.2, 0.25) is 0 Å². The molecule has 1 atom stereocenters. The molecule has 2 N–H and O–H groups in total. The summed E-state index contributed by atoms with van der Waals surface area (Å²) in [7, 11) is -4.23. The summed E-state index contributed by atoms with van der Waals surface area (Å²) >= 11 is 1.59. The molecule has 0 bridgehead atoms. The number of thiophene rings is 1. The van der Waals surface area contributed by atoms with Gasteiger partial charge in [0, 0.05) is 35.8 Å². The Bertz CT molecular complexity index is 1290. The average molecular weight is 540 g/mol. The topological polar surface area (TPSA) is 87.7 Å². The summed E-state index contributed by atoms with van der Waals surface area (Å²) in [5.41, 5.74) is -1.09. The number of carbonyl (C=O) groups is 1. The van der Waals surface area contributed by atoms with Crippen molar-refractivity contribution in [1.82, 2.24) is 10.2 Å². The molecule has 192 valence electrons. The molecule has 3 aromatic rings. The van der Waals surface area contributed by atoms with Gasteiger partial charge in [0.1, 0.15) is 0 Å². The van der Waals surface area contributed by atoms with Gasteiger partial charge in [-0.1, -0.05) is 18.2 Å². The monoisotopic (exact) mass is 539 g/mol. The number of carbonyl (C=O) groups excluding carboxylic acids is 1. The number of alkyl halides is 3. The number of rotatable bonds is 8. The van der Waals surface area contributed by atoms with Gasteiger partial charge in [-0.05, 0) is 47.8 Å². The molecule has 1 aliphatic heterocycles. The van der Waals surface area contributed by atoms with Crippen LogP contribution < -0.4 is 10.0 Å². The van der Waals surface area contributed by atoms with E-state index < -0.39 is 27.7 Å². The number of nitrogens with one attached hydrogen (secondary N) is 2. The van der Waals surface area contributed by atoms with Gasteiger partial charge >= 0.3 is 6.18 Å². The summed E-state index contributed by atoms with van der Waals surface area (Å²) in [6.45, 7) is 2.99. The van der Waals surface area contributed by atoms with Crippen LogP contribution in [-0.4, -0.2) is 52.1 Å². The molecule has 1 aliphatic rings. The summed E-state index contributed by atoms with van der Waals surface area (Å²) in [5, 5.41) is 4.85. The third-order valence-corrected chi connectivity index (χ3v) is 8.02. The zero-order chi connectivity index (χ0) is 25.8. The summed E-state index contributed by atoms with van der Waals surface area (Å²) in [6.07, 6.45) is -4.61. The standard InChI is InChI=1S/C24H24F3N3O4S2/c25-24(26,27)18-5-2-6-19(15-18)29-36(32,33)20-7-1-4-17(14-20)23(31)28-16-21(22-8-3-13-35-22)30-9-11-34-12-10-30/h1-8,13-15,21,29H,9-12,16H2,(H,28,31)/t21-/m1/s1. The summed E-state index contributed by atoms with van der Waals surface area (Å²) in [5.74, 6) is -0.457. The fraction of sp³-hybridized carbons (Fsp3) is 0.292. The number of nitrogens with zero attached hydrogens (tertiary/aromatic N) is 1. The normalized spacial score (nSPS) is 15.9. The van der Waals surface area contributed by atoms with E-state index in [9.17, 15) is 26.4 Å². The SMILES string of the molecule is O=C(NC[C@H](c1cccs1)N1CCOCC1)c1cccc(S(=O)(=O)Nc2cccc(C(F)(F)F)c2)c1. The molecule has 2 aromatic carbocycles. The smallest absolute Gasteiger partial charge is 0.379 e. The third kappa shape index (κ3) is 6.44. The molecule has 1 amide bonds. The molecular formula is C24H24F3N3O4S2. The van der Waals surface area contributed by atoms with E-state index in [0.717, 1.165) is 30.1 Å². The Labute approximate surface area is 210 Å². The lowest BCUT2D eigenvalue weighted by atomic mass is 10.1. The van der Waals surface area contributed by atoms with Crippen LogP contribution >= 0.6 is 11.3 Å². The number of anilines is 1. The number of ether oxygens (including phenoxy) is 1. The highest BCUT2D eigenvalue weighted by atomic mass is 32.2. The highest BCUT2D eigenvalue weighted by Gasteiger charge is 2.31. The van der Waals surface area contributed by atoms with Crippen molar-refractivity contribution in [3.8, 4) is 0 Å². The van der Waals surface area contributed by atoms with E-state index in [4.69, 9.17) is 4.74 Å². The first-order valence-corrected chi connectivity index (χ1v) is 13.4. The number of benzene rings is 2. The van der Waals surface area contributed by atoms with Gasteiger partial charge in [-0.2, -0.15) is 13.2 Å². The maximum absolute atomic E-state index is 13.0. The summed E-state index contributed by atoms with van der Waals surface area (Å²) in [6, 6.07) is 13.2. The molecule has 7 nitrogen and oxygen atoms in total. The number of hydrogen-bond donors (Lipinski definition) is 2. The molecule has 4 rings (SSSR count). The number of amides is 1. The van der Waals surface area contributed by atoms with Crippen LogP contribution in [0.5, 0.6) is 0 Å². The van der Waals surface area contributed by atoms with Crippen LogP contribution in [-0.2, 0) is 20.9 Å². The van der Waals surface area contributed by atoms with Crippen molar-refractivity contribution in [1.29, 1.82) is 0 Å². The van der Waals surface area contributed by atoms with E-state index in [1.165, 1.54) is 30.3 Å². The van der Waals surface area contributed by atoms with Crippen LogP contribution in [0.1, 0.15) is 26.8 Å². The Kier molecular flexibility index (Phi) is 7.98. The summed E-state index contributed by atoms with van der Waals surface area (Å²) in [4.78, 5) is 16.0. The van der Waals surface area contributed by atoms with Crippen LogP contribution in [0.2, 0.25) is 0 Å². The lowest BCUT2D eigenvalue weighted by Gasteiger charge is -2.34. The first kappa shape index (κ1) is 26.1. The van der Waals surface area contributed by atoms with E-state index in [1.807, 2.05) is 17.5 Å². The van der Waals surface area contributed by atoms with Gasteiger partial charge in [0.25, 0.3) is 15.9 Å². The lowest BCUT2D eigenvalue weighted by molar-refractivity contribution is -0.137. The highest BCUT2D eigenvalue weighted by Crippen LogP contribution is 2.31. The molecule has 0 unspecified atom stereocenters. The van der Waals surface area contributed by atoms with Gasteiger partial charge in [-0.25, -0.2) is 8.42 Å². The zero-order valence-corrected chi connectivity index (χ0v) is 20.6. The Balaban J connectivity index is 1.47. The molecule has 0 saturated carbocycles. The Morgan fingerprint density at radius 3 is 2.50 bits per heavy atom. The Hall–Kier alpha value is -2.93. The van der Waals surface area contributed by atoms with Crippen molar-refractivity contribution < 1.29 is 31.1 Å². The minimum atomic E-state index is -4.61. The second-order valence-corrected chi connectivity index (χ2v) is 10.8. The third-order valence-electron chi connectivity index (χ3n) is 5.66. The molecule has 36 heavy (non-hydrogen) atoms. The van der Waals surface area contributed by atoms with E-state index >= 15 is 0 Å². The van der Waals surface area contributed by atoms with Gasteiger partial charge in [-0.15, -0.1) is 11.3 Å². The number of hydrogen-bond acceptors (Lipinski definition) is 6. The average Bonchev–Trinajstić information content (AvgIpc) is 3.39. The largest absolute Gasteiger partial charge is 0.416 e. The molecule has 1 aromatic heterocycles. The van der Waals surface area contributed by atoms with Crippen molar-refractivity contribution in [2.75, 3.05) is 37.6 Å². The summed E-state index contributed by atoms with van der Waals surface area (Å²) < 4.78 is 72.1. The molecule has 0 spiro atoms. The van der Waals surface area contributed by atoms with Crippen molar-refractivity contribution >= 4 is 33.0 Å². The first-order chi connectivity index (χ1) is 17.1. The van der Waals surface area contributed by atoms with E-state index in [1.54, 1.807) is 11.3 Å². The number of halogens is 3. The number of sulfonamides is 1. The minimum Gasteiger partial charge on any atom is -0.379 e. The molecule has 1 saturated heterocycles. The van der Waals surface area contributed by atoms with Crippen molar-refractivity contribution in [3.63, 3.8) is 0 Å². The predicted octanol–water partition coefficient (Wildman–Crippen LogP) is 4.37. The van der Waals surface area contributed by atoms with Crippen molar-refractivity contribution in [3.05, 3.63) is 82.0 Å². The van der Waals surface area contributed by atoms with Crippen molar-refractivity contribution in [2.45, 2.75) is 17.1 Å². The maximum atomic E-state index is 13.0. The van der Waals surface area contributed by atoms with Gasteiger partial charge in [0.05, 0.1) is 29.7 Å². The van der Waals surface area contributed by atoms with Crippen LogP contribution in [0.25, 0.3) is 0 Å². The minimum absolute atomic E-state index is 0.0488. The van der Waals surface area contributed by atoms with Crippen LogP contribution in [0, 0.1) is 0 Å². The quantitative estimate of drug-likeness (QED) is 0.444. The Morgan fingerprint density at radius 1 is 1.06 bits per heavy atom. The molecule has 12 heteroatoms. The first-order valence-electron chi connectivity index (χ1n) is 11.1. The van der Waals surface area contributed by atoms with Crippen LogP contribution in [0.4, 0.5) is 18.9 Å². The zero-order valence-electron chi connectivity index (χ0n) is 19.0.